The van der Waals surface area contributed by atoms with Gasteiger partial charge in [-0.15, -0.1) is 0 Å². The van der Waals surface area contributed by atoms with E-state index in [2.05, 4.69) is 5.10 Å². The number of hydrogen-bond acceptors (Lipinski definition) is 2. The largest absolute Gasteiger partial charge is 0.481 e. The van der Waals surface area contributed by atoms with E-state index < -0.39 is 5.97 Å². The molecule has 0 saturated heterocycles. The molecule has 1 aromatic rings. The third kappa shape index (κ3) is 2.74. The van der Waals surface area contributed by atoms with Crippen LogP contribution in [0, 0.1) is 5.92 Å². The van der Waals surface area contributed by atoms with E-state index in [1.165, 1.54) is 37.7 Å². The highest BCUT2D eigenvalue weighted by atomic mass is 16.4. The fourth-order valence-electron chi connectivity index (χ4n) is 2.86. The lowest BCUT2D eigenvalue weighted by Gasteiger charge is -2.22. The molecule has 1 aliphatic rings. The molecule has 1 atom stereocenters. The summed E-state index contributed by atoms with van der Waals surface area (Å²) in [6.07, 6.45) is 8.87. The number of nitrogens with zero attached hydrogens (tertiary/aromatic N) is 2. The van der Waals surface area contributed by atoms with Crippen molar-refractivity contribution in [3.05, 3.63) is 17.5 Å². The van der Waals surface area contributed by atoms with Crippen LogP contribution >= 0.6 is 0 Å². The third-order valence-corrected chi connectivity index (χ3v) is 4.06. The minimum absolute atomic E-state index is 0.345. The zero-order valence-electron chi connectivity index (χ0n) is 11.2. The quantitative estimate of drug-likeness (QED) is 0.894. The Morgan fingerprint density at radius 1 is 1.50 bits per heavy atom. The van der Waals surface area contributed by atoms with Crippen molar-refractivity contribution in [3.8, 4) is 0 Å². The van der Waals surface area contributed by atoms with Crippen LogP contribution in [-0.4, -0.2) is 20.9 Å². The van der Waals surface area contributed by atoms with Crippen LogP contribution in [0.3, 0.4) is 0 Å². The number of carbonyl (C=O) groups is 1. The average Bonchev–Trinajstić information content (AvgIpc) is 2.72. The standard InChI is InChI=1S/C14H22N2O2/c1-10(14(17)18)8-13-12(9-15-16(13)2)11-6-4-3-5-7-11/h9-11H,3-8H2,1-2H3,(H,17,18). The van der Waals surface area contributed by atoms with Crippen molar-refractivity contribution in [2.45, 2.75) is 51.4 Å². The molecule has 1 heterocycles. The average molecular weight is 250 g/mol. The lowest BCUT2D eigenvalue weighted by atomic mass is 9.83. The first-order valence-electron chi connectivity index (χ1n) is 6.83. The van der Waals surface area contributed by atoms with Crippen molar-refractivity contribution in [3.63, 3.8) is 0 Å². The molecule has 0 spiro atoms. The number of carboxylic acid groups (broad SMARTS) is 1. The van der Waals surface area contributed by atoms with Crippen molar-refractivity contribution in [1.29, 1.82) is 0 Å². The predicted octanol–water partition coefficient (Wildman–Crippen LogP) is 2.73. The van der Waals surface area contributed by atoms with Crippen LogP contribution in [0.2, 0.25) is 0 Å². The van der Waals surface area contributed by atoms with Gasteiger partial charge in [0.2, 0.25) is 0 Å². The number of rotatable bonds is 4. The van der Waals surface area contributed by atoms with Crippen LogP contribution < -0.4 is 0 Å². The first kappa shape index (κ1) is 13.1. The molecule has 1 N–H and O–H groups in total. The Morgan fingerprint density at radius 3 is 2.78 bits per heavy atom. The van der Waals surface area contributed by atoms with Gasteiger partial charge in [-0.2, -0.15) is 5.10 Å². The van der Waals surface area contributed by atoms with Gasteiger partial charge in [0, 0.05) is 19.2 Å². The molecule has 1 aliphatic carbocycles. The van der Waals surface area contributed by atoms with Gasteiger partial charge in [-0.25, -0.2) is 0 Å². The Hall–Kier alpha value is -1.32. The Bertz CT molecular complexity index is 419. The van der Waals surface area contributed by atoms with E-state index in [0.717, 1.165) is 5.69 Å². The first-order valence-corrected chi connectivity index (χ1v) is 6.83. The van der Waals surface area contributed by atoms with Crippen LogP contribution in [0.5, 0.6) is 0 Å². The Kier molecular flexibility index (Phi) is 4.04. The summed E-state index contributed by atoms with van der Waals surface area (Å²) in [7, 11) is 1.91. The number of aryl methyl sites for hydroxylation is 1. The predicted molar refractivity (Wildman–Crippen MR) is 69.5 cm³/mol. The summed E-state index contributed by atoms with van der Waals surface area (Å²) >= 11 is 0. The molecule has 1 saturated carbocycles. The zero-order valence-corrected chi connectivity index (χ0v) is 11.2. The lowest BCUT2D eigenvalue weighted by molar-refractivity contribution is -0.141. The minimum Gasteiger partial charge on any atom is -0.481 e. The molecule has 0 bridgehead atoms. The van der Waals surface area contributed by atoms with E-state index >= 15 is 0 Å². The van der Waals surface area contributed by atoms with E-state index in [1.54, 1.807) is 6.92 Å². The minimum atomic E-state index is -0.731. The van der Waals surface area contributed by atoms with Crippen LogP contribution in [0.15, 0.2) is 6.20 Å². The van der Waals surface area contributed by atoms with Gasteiger partial charge in [0.05, 0.1) is 12.1 Å². The number of aliphatic carboxylic acids is 1. The van der Waals surface area contributed by atoms with E-state index in [1.807, 2.05) is 17.9 Å². The molecule has 1 fully saturated rings. The van der Waals surface area contributed by atoms with Gasteiger partial charge in [-0.1, -0.05) is 26.2 Å². The summed E-state index contributed by atoms with van der Waals surface area (Å²) in [5.41, 5.74) is 2.39. The molecule has 100 valence electrons. The van der Waals surface area contributed by atoms with Crippen molar-refractivity contribution in [2.75, 3.05) is 0 Å². The Morgan fingerprint density at radius 2 is 2.17 bits per heavy atom. The van der Waals surface area contributed by atoms with Gasteiger partial charge in [0.1, 0.15) is 0 Å². The molecule has 1 unspecified atom stereocenters. The topological polar surface area (TPSA) is 55.1 Å². The van der Waals surface area contributed by atoms with Gasteiger partial charge in [0.15, 0.2) is 0 Å². The maximum absolute atomic E-state index is 11.0. The molecule has 4 heteroatoms. The van der Waals surface area contributed by atoms with Gasteiger partial charge < -0.3 is 5.11 Å². The van der Waals surface area contributed by atoms with Crippen molar-refractivity contribution >= 4 is 5.97 Å². The second-order valence-corrected chi connectivity index (χ2v) is 5.45. The summed E-state index contributed by atoms with van der Waals surface area (Å²) in [6, 6.07) is 0. The molecule has 0 amide bonds. The number of carboxylic acids is 1. The van der Waals surface area contributed by atoms with E-state index in [4.69, 9.17) is 5.11 Å². The molecule has 2 rings (SSSR count). The fourth-order valence-corrected chi connectivity index (χ4v) is 2.86. The second-order valence-electron chi connectivity index (χ2n) is 5.45. The number of hydrogen-bond donors (Lipinski definition) is 1. The van der Waals surface area contributed by atoms with Crippen LogP contribution in [-0.2, 0) is 18.3 Å². The Balaban J connectivity index is 2.18. The van der Waals surface area contributed by atoms with Crippen molar-refractivity contribution in [2.24, 2.45) is 13.0 Å². The summed E-state index contributed by atoms with van der Waals surface area (Å²) in [5.74, 6) is -0.489. The van der Waals surface area contributed by atoms with E-state index in [0.29, 0.717) is 12.3 Å². The highest BCUT2D eigenvalue weighted by Crippen LogP contribution is 2.34. The summed E-state index contributed by atoms with van der Waals surface area (Å²) < 4.78 is 1.85. The second kappa shape index (κ2) is 5.55. The highest BCUT2D eigenvalue weighted by Gasteiger charge is 2.23. The van der Waals surface area contributed by atoms with Gasteiger partial charge in [-0.3, -0.25) is 9.48 Å². The summed E-state index contributed by atoms with van der Waals surface area (Å²) in [4.78, 5) is 11.0. The highest BCUT2D eigenvalue weighted by molar-refractivity contribution is 5.69. The van der Waals surface area contributed by atoms with E-state index in [-0.39, 0.29) is 5.92 Å². The van der Waals surface area contributed by atoms with E-state index in [9.17, 15) is 4.79 Å². The van der Waals surface area contributed by atoms with Crippen molar-refractivity contribution in [1.82, 2.24) is 9.78 Å². The van der Waals surface area contributed by atoms with Crippen molar-refractivity contribution < 1.29 is 9.90 Å². The van der Waals surface area contributed by atoms with Crippen LogP contribution in [0.1, 0.15) is 56.2 Å². The van der Waals surface area contributed by atoms with Gasteiger partial charge in [0.25, 0.3) is 0 Å². The molecule has 18 heavy (non-hydrogen) atoms. The summed E-state index contributed by atoms with van der Waals surface area (Å²) in [6.45, 7) is 1.76. The molecule has 0 radical (unpaired) electrons. The lowest BCUT2D eigenvalue weighted by Crippen LogP contribution is -2.16. The molecule has 1 aromatic heterocycles. The summed E-state index contributed by atoms with van der Waals surface area (Å²) in [5, 5.41) is 13.4. The molecular formula is C14H22N2O2. The zero-order chi connectivity index (χ0) is 13.1. The maximum atomic E-state index is 11.0. The number of aromatic nitrogens is 2. The maximum Gasteiger partial charge on any atom is 0.306 e. The molecule has 0 aromatic carbocycles. The molecule has 0 aliphatic heterocycles. The third-order valence-electron chi connectivity index (χ3n) is 4.06. The Labute approximate surface area is 108 Å². The SMILES string of the molecule is CC(Cc1c(C2CCCCC2)cnn1C)C(=O)O. The monoisotopic (exact) mass is 250 g/mol. The van der Waals surface area contributed by atoms with Gasteiger partial charge >= 0.3 is 5.97 Å². The molecular weight excluding hydrogens is 228 g/mol. The first-order chi connectivity index (χ1) is 8.59. The molecule has 4 nitrogen and oxygen atoms in total. The fraction of sp³-hybridized carbons (Fsp3) is 0.714. The van der Waals surface area contributed by atoms with Crippen LogP contribution in [0.25, 0.3) is 0 Å². The smallest absolute Gasteiger partial charge is 0.306 e. The normalized spacial score (nSPS) is 18.8. The van der Waals surface area contributed by atoms with Crippen LogP contribution in [0.4, 0.5) is 0 Å². The van der Waals surface area contributed by atoms with Gasteiger partial charge in [-0.05, 0) is 24.3 Å².